The highest BCUT2D eigenvalue weighted by Crippen LogP contribution is 2.24. The van der Waals surface area contributed by atoms with E-state index in [9.17, 15) is 8.42 Å². The third kappa shape index (κ3) is 2.41. The van der Waals surface area contributed by atoms with Crippen LogP contribution in [-0.2, 0) is 14.8 Å². The van der Waals surface area contributed by atoms with Gasteiger partial charge in [0.1, 0.15) is 0 Å². The van der Waals surface area contributed by atoms with E-state index in [2.05, 4.69) is 5.32 Å². The standard InChI is InChI=1S/C13H18N2O3S/c1-10-2-4-11(5-3-10)19(16,17)15-8-12-13(9-15)18-7-6-14-12/h2-5,12-14H,6-9H2,1H3/t12-,13+/m0/s1. The van der Waals surface area contributed by atoms with Crippen LogP contribution in [0.15, 0.2) is 29.2 Å². The van der Waals surface area contributed by atoms with Crippen molar-refractivity contribution in [1.29, 1.82) is 0 Å². The Morgan fingerprint density at radius 1 is 1.26 bits per heavy atom. The highest BCUT2D eigenvalue weighted by Gasteiger charge is 2.41. The molecule has 0 bridgehead atoms. The van der Waals surface area contributed by atoms with Crippen molar-refractivity contribution in [2.45, 2.75) is 24.0 Å². The van der Waals surface area contributed by atoms with Crippen molar-refractivity contribution in [3.63, 3.8) is 0 Å². The van der Waals surface area contributed by atoms with Crippen LogP contribution in [0.4, 0.5) is 0 Å². The minimum Gasteiger partial charge on any atom is -0.374 e. The van der Waals surface area contributed by atoms with Crippen molar-refractivity contribution in [1.82, 2.24) is 9.62 Å². The van der Waals surface area contributed by atoms with E-state index in [0.29, 0.717) is 24.6 Å². The van der Waals surface area contributed by atoms with Gasteiger partial charge in [0.15, 0.2) is 0 Å². The van der Waals surface area contributed by atoms with E-state index in [4.69, 9.17) is 4.74 Å². The van der Waals surface area contributed by atoms with E-state index < -0.39 is 10.0 Å². The van der Waals surface area contributed by atoms with Crippen LogP contribution >= 0.6 is 0 Å². The molecule has 0 spiro atoms. The SMILES string of the molecule is Cc1ccc(S(=O)(=O)N2C[C@@H]3NCCO[C@@H]3C2)cc1. The molecule has 1 aromatic rings. The van der Waals surface area contributed by atoms with Crippen molar-refractivity contribution in [3.05, 3.63) is 29.8 Å². The molecule has 0 saturated carbocycles. The summed E-state index contributed by atoms with van der Waals surface area (Å²) in [6.07, 6.45) is -0.0195. The minimum absolute atomic E-state index is 0.0195. The number of nitrogens with one attached hydrogen (secondary N) is 1. The van der Waals surface area contributed by atoms with Gasteiger partial charge in [0.2, 0.25) is 10.0 Å². The van der Waals surface area contributed by atoms with E-state index in [1.54, 1.807) is 12.1 Å². The lowest BCUT2D eigenvalue weighted by Gasteiger charge is -2.25. The highest BCUT2D eigenvalue weighted by molar-refractivity contribution is 7.89. The van der Waals surface area contributed by atoms with Gasteiger partial charge in [-0.05, 0) is 19.1 Å². The second-order valence-corrected chi connectivity index (χ2v) is 7.04. The summed E-state index contributed by atoms with van der Waals surface area (Å²) in [6, 6.07) is 7.10. The van der Waals surface area contributed by atoms with Gasteiger partial charge in [-0.25, -0.2) is 8.42 Å². The number of sulfonamides is 1. The van der Waals surface area contributed by atoms with Gasteiger partial charge in [-0.15, -0.1) is 0 Å². The van der Waals surface area contributed by atoms with Gasteiger partial charge in [0, 0.05) is 25.7 Å². The van der Waals surface area contributed by atoms with Crippen molar-refractivity contribution in [2.75, 3.05) is 26.2 Å². The van der Waals surface area contributed by atoms with E-state index in [0.717, 1.165) is 12.1 Å². The molecule has 1 N–H and O–H groups in total. The summed E-state index contributed by atoms with van der Waals surface area (Å²) in [5.41, 5.74) is 1.05. The van der Waals surface area contributed by atoms with Crippen molar-refractivity contribution in [2.24, 2.45) is 0 Å². The lowest BCUT2D eigenvalue weighted by molar-refractivity contribution is 0.0194. The number of hydrogen-bond acceptors (Lipinski definition) is 4. The molecular weight excluding hydrogens is 264 g/mol. The quantitative estimate of drug-likeness (QED) is 0.851. The maximum Gasteiger partial charge on any atom is 0.243 e. The van der Waals surface area contributed by atoms with E-state index in [-0.39, 0.29) is 12.1 Å². The zero-order valence-corrected chi connectivity index (χ0v) is 11.7. The Morgan fingerprint density at radius 3 is 2.68 bits per heavy atom. The maximum absolute atomic E-state index is 12.5. The Kier molecular flexibility index (Phi) is 3.34. The van der Waals surface area contributed by atoms with Gasteiger partial charge in [-0.3, -0.25) is 0 Å². The molecule has 2 aliphatic rings. The Bertz CT molecular complexity index is 542. The third-order valence-electron chi connectivity index (χ3n) is 3.73. The van der Waals surface area contributed by atoms with E-state index in [1.807, 2.05) is 19.1 Å². The first kappa shape index (κ1) is 13.1. The van der Waals surface area contributed by atoms with E-state index >= 15 is 0 Å². The maximum atomic E-state index is 12.5. The second-order valence-electron chi connectivity index (χ2n) is 5.10. The lowest BCUT2D eigenvalue weighted by atomic mass is 10.2. The summed E-state index contributed by atoms with van der Waals surface area (Å²) in [7, 11) is -3.40. The summed E-state index contributed by atoms with van der Waals surface area (Å²) >= 11 is 0. The second kappa shape index (κ2) is 4.86. The predicted molar refractivity (Wildman–Crippen MR) is 71.5 cm³/mol. The van der Waals surface area contributed by atoms with Crippen molar-refractivity contribution < 1.29 is 13.2 Å². The number of morpholine rings is 1. The molecule has 0 amide bonds. The normalized spacial score (nSPS) is 28.3. The molecule has 2 aliphatic heterocycles. The first-order valence-electron chi connectivity index (χ1n) is 6.49. The van der Waals surface area contributed by atoms with Crippen LogP contribution in [0.1, 0.15) is 5.56 Å². The van der Waals surface area contributed by atoms with Crippen molar-refractivity contribution >= 4 is 10.0 Å². The van der Waals surface area contributed by atoms with Gasteiger partial charge in [0.05, 0.1) is 17.6 Å². The van der Waals surface area contributed by atoms with Crippen LogP contribution in [0.5, 0.6) is 0 Å². The van der Waals surface area contributed by atoms with Crippen LogP contribution in [-0.4, -0.2) is 51.1 Å². The molecule has 3 rings (SSSR count). The van der Waals surface area contributed by atoms with Gasteiger partial charge in [-0.1, -0.05) is 17.7 Å². The molecule has 19 heavy (non-hydrogen) atoms. The van der Waals surface area contributed by atoms with Crippen molar-refractivity contribution in [3.8, 4) is 0 Å². The average Bonchev–Trinajstić information content (AvgIpc) is 2.83. The number of fused-ring (bicyclic) bond motifs is 1. The highest BCUT2D eigenvalue weighted by atomic mass is 32.2. The topological polar surface area (TPSA) is 58.6 Å². The van der Waals surface area contributed by atoms with Crippen LogP contribution in [0.3, 0.4) is 0 Å². The predicted octanol–water partition coefficient (Wildman–Crippen LogP) is 0.356. The number of rotatable bonds is 2. The molecule has 1 aromatic carbocycles. The van der Waals surface area contributed by atoms with Crippen LogP contribution in [0.2, 0.25) is 0 Å². The summed E-state index contributed by atoms with van der Waals surface area (Å²) in [5.74, 6) is 0. The van der Waals surface area contributed by atoms with Crippen LogP contribution in [0.25, 0.3) is 0 Å². The monoisotopic (exact) mass is 282 g/mol. The largest absolute Gasteiger partial charge is 0.374 e. The third-order valence-corrected chi connectivity index (χ3v) is 5.58. The summed E-state index contributed by atoms with van der Waals surface area (Å²) in [5, 5.41) is 3.31. The number of benzene rings is 1. The summed E-state index contributed by atoms with van der Waals surface area (Å²) in [4.78, 5) is 0.358. The average molecular weight is 282 g/mol. The Balaban J connectivity index is 1.83. The van der Waals surface area contributed by atoms with Gasteiger partial charge in [-0.2, -0.15) is 4.31 Å². The van der Waals surface area contributed by atoms with E-state index in [1.165, 1.54) is 4.31 Å². The van der Waals surface area contributed by atoms with Gasteiger partial charge < -0.3 is 10.1 Å². The minimum atomic E-state index is -3.40. The summed E-state index contributed by atoms with van der Waals surface area (Å²) < 4.78 is 32.2. The fourth-order valence-corrected chi connectivity index (χ4v) is 4.09. The van der Waals surface area contributed by atoms with Gasteiger partial charge in [0.25, 0.3) is 0 Å². The first-order valence-corrected chi connectivity index (χ1v) is 7.93. The molecule has 0 aliphatic carbocycles. The molecule has 2 heterocycles. The number of hydrogen-bond donors (Lipinski definition) is 1. The Morgan fingerprint density at radius 2 is 2.00 bits per heavy atom. The Labute approximate surface area is 113 Å². The number of nitrogens with zero attached hydrogens (tertiary/aromatic N) is 1. The summed E-state index contributed by atoms with van der Waals surface area (Å²) in [6.45, 7) is 4.31. The molecule has 6 heteroatoms. The van der Waals surface area contributed by atoms with Crippen LogP contribution < -0.4 is 5.32 Å². The smallest absolute Gasteiger partial charge is 0.243 e. The molecule has 0 aromatic heterocycles. The molecular formula is C13H18N2O3S. The molecule has 2 fully saturated rings. The zero-order chi connectivity index (χ0) is 13.5. The fraction of sp³-hybridized carbons (Fsp3) is 0.538. The molecule has 2 saturated heterocycles. The molecule has 0 radical (unpaired) electrons. The molecule has 0 unspecified atom stereocenters. The number of ether oxygens (including phenoxy) is 1. The van der Waals surface area contributed by atoms with Gasteiger partial charge >= 0.3 is 0 Å². The lowest BCUT2D eigenvalue weighted by Crippen LogP contribution is -2.47. The Hall–Kier alpha value is -0.950. The molecule has 5 nitrogen and oxygen atoms in total. The molecule has 2 atom stereocenters. The first-order chi connectivity index (χ1) is 9.07. The molecule has 104 valence electrons. The fourth-order valence-electron chi connectivity index (χ4n) is 2.61. The number of aryl methyl sites for hydroxylation is 1. The van der Waals surface area contributed by atoms with Crippen LogP contribution in [0, 0.1) is 6.92 Å². The zero-order valence-electron chi connectivity index (χ0n) is 10.9.